The highest BCUT2D eigenvalue weighted by molar-refractivity contribution is 5.82. The van der Waals surface area contributed by atoms with Gasteiger partial charge in [-0.3, -0.25) is 4.79 Å². The van der Waals surface area contributed by atoms with Crippen LogP contribution >= 0.6 is 0 Å². The summed E-state index contributed by atoms with van der Waals surface area (Å²) < 4.78 is 14.1. The monoisotopic (exact) mass is 387 g/mol. The molecule has 28 heavy (non-hydrogen) atoms. The molecular formula is C22H30FN3O2. The van der Waals surface area contributed by atoms with Gasteiger partial charge in [-0.1, -0.05) is 18.6 Å². The number of hydrogen-bond acceptors (Lipinski definition) is 4. The SMILES string of the molecule is C[C@]12CC[C@H]3[C@@H](CC=C4C[C@@](O)(F)CC[C@@H]43)[C@@H]1CC[C@@H]2C(=O)Cn1nccn1. The van der Waals surface area contributed by atoms with Crippen LogP contribution in [0.2, 0.25) is 0 Å². The van der Waals surface area contributed by atoms with Crippen LogP contribution in [0.3, 0.4) is 0 Å². The van der Waals surface area contributed by atoms with Crippen molar-refractivity contribution in [2.75, 3.05) is 0 Å². The van der Waals surface area contributed by atoms with Crippen LogP contribution in [-0.4, -0.2) is 31.7 Å². The van der Waals surface area contributed by atoms with Crippen LogP contribution in [-0.2, 0) is 11.3 Å². The fraction of sp³-hybridized carbons (Fsp3) is 0.773. The van der Waals surface area contributed by atoms with Crippen molar-refractivity contribution in [3.8, 4) is 0 Å². The van der Waals surface area contributed by atoms with E-state index in [4.69, 9.17) is 0 Å². The quantitative estimate of drug-likeness (QED) is 0.803. The van der Waals surface area contributed by atoms with E-state index in [0.29, 0.717) is 23.7 Å². The van der Waals surface area contributed by atoms with Crippen LogP contribution < -0.4 is 0 Å². The molecule has 1 aromatic rings. The number of carbonyl (C=O) groups excluding carboxylic acids is 1. The summed E-state index contributed by atoms with van der Waals surface area (Å²) in [7, 11) is 0. The number of aromatic nitrogens is 3. The minimum atomic E-state index is -2.01. The molecular weight excluding hydrogens is 357 g/mol. The Morgan fingerprint density at radius 1 is 1.21 bits per heavy atom. The van der Waals surface area contributed by atoms with Crippen molar-refractivity contribution in [1.29, 1.82) is 0 Å². The average molecular weight is 387 g/mol. The van der Waals surface area contributed by atoms with E-state index in [1.54, 1.807) is 12.4 Å². The minimum absolute atomic E-state index is 0.0617. The Balaban J connectivity index is 1.35. The van der Waals surface area contributed by atoms with Gasteiger partial charge in [0.25, 0.3) is 0 Å². The first-order valence-corrected chi connectivity index (χ1v) is 10.8. The summed E-state index contributed by atoms with van der Waals surface area (Å²) in [5, 5.41) is 18.1. The molecule has 0 amide bonds. The average Bonchev–Trinajstić information content (AvgIpc) is 3.27. The molecule has 0 spiro atoms. The van der Waals surface area contributed by atoms with Gasteiger partial charge in [0, 0.05) is 18.8 Å². The number of ketones is 1. The number of allylic oxidation sites excluding steroid dienone is 1. The van der Waals surface area contributed by atoms with Crippen LogP contribution in [0, 0.1) is 35.0 Å². The smallest absolute Gasteiger partial charge is 0.210 e. The summed E-state index contributed by atoms with van der Waals surface area (Å²) >= 11 is 0. The number of carbonyl (C=O) groups is 1. The van der Waals surface area contributed by atoms with Gasteiger partial charge in [0.05, 0.1) is 12.4 Å². The zero-order valence-corrected chi connectivity index (χ0v) is 16.6. The number of alkyl halides is 1. The lowest BCUT2D eigenvalue weighted by molar-refractivity contribution is -0.132. The molecule has 0 aliphatic heterocycles. The molecule has 152 valence electrons. The van der Waals surface area contributed by atoms with Gasteiger partial charge in [0.2, 0.25) is 5.85 Å². The van der Waals surface area contributed by atoms with Gasteiger partial charge in [-0.25, -0.2) is 4.39 Å². The Kier molecular flexibility index (Phi) is 4.27. The Bertz CT molecular complexity index is 790. The number of aliphatic hydroxyl groups is 1. The number of Topliss-reactive ketones (excluding diaryl/α,β-unsaturated/α-hetero) is 1. The standard InChI is InChI=1S/C22H30FN3O2/c1-21-8-6-16-15-7-9-22(23,28)12-14(15)2-3-17(16)18(21)4-5-19(21)20(27)13-26-24-10-11-25-26/h2,10-11,15-19,28H,3-9,12-13H2,1H3/t15-,16+,17+,18-,19+,21-,22+/m0/s1. The molecule has 4 aliphatic carbocycles. The van der Waals surface area contributed by atoms with Crippen molar-refractivity contribution in [1.82, 2.24) is 15.0 Å². The predicted octanol–water partition coefficient (Wildman–Crippen LogP) is 3.69. The predicted molar refractivity (Wildman–Crippen MR) is 102 cm³/mol. The van der Waals surface area contributed by atoms with E-state index < -0.39 is 5.85 Å². The van der Waals surface area contributed by atoms with Crippen molar-refractivity contribution in [2.24, 2.45) is 35.0 Å². The van der Waals surface area contributed by atoms with Crippen LogP contribution in [0.5, 0.6) is 0 Å². The van der Waals surface area contributed by atoms with Gasteiger partial charge in [-0.05, 0) is 67.6 Å². The first-order chi connectivity index (χ1) is 13.4. The second kappa shape index (κ2) is 6.48. The van der Waals surface area contributed by atoms with Crippen molar-refractivity contribution in [2.45, 2.75) is 70.7 Å². The molecule has 0 aromatic carbocycles. The van der Waals surface area contributed by atoms with Crippen LogP contribution in [0.4, 0.5) is 4.39 Å². The van der Waals surface area contributed by atoms with E-state index in [2.05, 4.69) is 23.2 Å². The first-order valence-electron chi connectivity index (χ1n) is 10.8. The summed E-state index contributed by atoms with van der Waals surface area (Å²) in [6.45, 7) is 2.61. The third kappa shape index (κ3) is 2.87. The molecule has 7 atom stereocenters. The molecule has 0 bridgehead atoms. The highest BCUT2D eigenvalue weighted by Gasteiger charge is 2.57. The van der Waals surface area contributed by atoms with Gasteiger partial charge in [0.1, 0.15) is 6.54 Å². The molecule has 3 saturated carbocycles. The largest absolute Gasteiger partial charge is 0.361 e. The van der Waals surface area contributed by atoms with Crippen LogP contribution in [0.15, 0.2) is 24.0 Å². The van der Waals surface area contributed by atoms with E-state index in [9.17, 15) is 14.3 Å². The molecule has 4 aliphatic rings. The van der Waals surface area contributed by atoms with Gasteiger partial charge in [0.15, 0.2) is 5.78 Å². The van der Waals surface area contributed by atoms with E-state index in [0.717, 1.165) is 44.1 Å². The molecule has 0 saturated heterocycles. The number of fused-ring (bicyclic) bond motifs is 5. The zero-order chi connectivity index (χ0) is 19.5. The van der Waals surface area contributed by atoms with E-state index >= 15 is 0 Å². The van der Waals surface area contributed by atoms with Crippen molar-refractivity contribution < 1.29 is 14.3 Å². The fourth-order valence-electron chi connectivity index (χ4n) is 7.35. The number of rotatable bonds is 3. The summed E-state index contributed by atoms with van der Waals surface area (Å²) in [6, 6.07) is 0. The van der Waals surface area contributed by atoms with Crippen LogP contribution in [0.25, 0.3) is 0 Å². The van der Waals surface area contributed by atoms with E-state index in [-0.39, 0.29) is 36.5 Å². The van der Waals surface area contributed by atoms with Crippen molar-refractivity contribution in [3.05, 3.63) is 24.0 Å². The molecule has 1 heterocycles. The van der Waals surface area contributed by atoms with Gasteiger partial charge < -0.3 is 5.11 Å². The maximum Gasteiger partial charge on any atom is 0.210 e. The molecule has 5 rings (SSSR count). The molecule has 3 fully saturated rings. The summed E-state index contributed by atoms with van der Waals surface area (Å²) in [4.78, 5) is 14.6. The van der Waals surface area contributed by atoms with E-state index in [1.165, 1.54) is 4.80 Å². The number of nitrogens with zero attached hydrogens (tertiary/aromatic N) is 3. The van der Waals surface area contributed by atoms with Gasteiger partial charge in [-0.2, -0.15) is 15.0 Å². The topological polar surface area (TPSA) is 68.0 Å². The lowest BCUT2D eigenvalue weighted by atomic mass is 9.51. The minimum Gasteiger partial charge on any atom is -0.361 e. The second-order valence-corrected chi connectivity index (χ2v) is 9.89. The Labute approximate surface area is 165 Å². The third-order valence-electron chi connectivity index (χ3n) is 8.60. The normalized spacial score (nSPS) is 45.0. The molecule has 1 aromatic heterocycles. The maximum atomic E-state index is 14.1. The first kappa shape index (κ1) is 18.5. The van der Waals surface area contributed by atoms with Gasteiger partial charge >= 0.3 is 0 Å². The highest BCUT2D eigenvalue weighted by Crippen LogP contribution is 2.63. The lowest BCUT2D eigenvalue weighted by Crippen LogP contribution is -2.48. The Morgan fingerprint density at radius 2 is 2.00 bits per heavy atom. The number of halogens is 1. The van der Waals surface area contributed by atoms with Crippen molar-refractivity contribution in [3.63, 3.8) is 0 Å². The fourth-order valence-corrected chi connectivity index (χ4v) is 7.35. The van der Waals surface area contributed by atoms with Gasteiger partial charge in [-0.15, -0.1) is 0 Å². The second-order valence-electron chi connectivity index (χ2n) is 9.89. The number of hydrogen-bond donors (Lipinski definition) is 1. The molecule has 5 nitrogen and oxygen atoms in total. The van der Waals surface area contributed by atoms with Crippen LogP contribution in [0.1, 0.15) is 58.3 Å². The summed E-state index contributed by atoms with van der Waals surface area (Å²) in [5.74, 6) is 0.542. The van der Waals surface area contributed by atoms with E-state index in [1.807, 2.05) is 0 Å². The zero-order valence-electron chi connectivity index (χ0n) is 16.6. The molecule has 1 N–H and O–H groups in total. The van der Waals surface area contributed by atoms with Crippen molar-refractivity contribution >= 4 is 5.78 Å². The third-order valence-corrected chi connectivity index (χ3v) is 8.60. The lowest BCUT2D eigenvalue weighted by Gasteiger charge is -2.53. The molecule has 0 unspecified atom stereocenters. The molecule has 0 radical (unpaired) electrons. The summed E-state index contributed by atoms with van der Waals surface area (Å²) in [5.41, 5.74) is 1.21. The Morgan fingerprint density at radius 3 is 2.79 bits per heavy atom. The highest BCUT2D eigenvalue weighted by atomic mass is 19.2. The Hall–Kier alpha value is -1.56. The summed E-state index contributed by atoms with van der Waals surface area (Å²) in [6.07, 6.45) is 11.9. The maximum absolute atomic E-state index is 14.1. The molecule has 6 heteroatoms.